The maximum Gasteiger partial charge on any atom is 0.333 e. The van der Waals surface area contributed by atoms with Gasteiger partial charge in [0.05, 0.1) is 19.5 Å². The van der Waals surface area contributed by atoms with Crippen molar-refractivity contribution in [3.8, 4) is 5.75 Å². The van der Waals surface area contributed by atoms with Gasteiger partial charge >= 0.3 is 5.69 Å². The summed E-state index contributed by atoms with van der Waals surface area (Å²) in [7, 11) is 1.65. The van der Waals surface area contributed by atoms with Crippen LogP contribution in [0.2, 0.25) is 0 Å². The van der Waals surface area contributed by atoms with E-state index in [-0.39, 0.29) is 19.0 Å². The van der Waals surface area contributed by atoms with Gasteiger partial charge in [-0.1, -0.05) is 42.5 Å². The second-order valence-electron chi connectivity index (χ2n) is 8.28. The van der Waals surface area contributed by atoms with Crippen molar-refractivity contribution in [2.75, 3.05) is 13.7 Å². The van der Waals surface area contributed by atoms with E-state index in [2.05, 4.69) is 4.98 Å². The lowest BCUT2D eigenvalue weighted by Gasteiger charge is -2.19. The summed E-state index contributed by atoms with van der Waals surface area (Å²) in [6.07, 6.45) is 1.55. The molecule has 0 fully saturated rings. The highest BCUT2D eigenvalue weighted by Crippen LogP contribution is 2.14. The zero-order valence-corrected chi connectivity index (χ0v) is 20.2. The molecule has 0 N–H and O–H groups in total. The number of hydrogen-bond donors (Lipinski definition) is 0. The minimum absolute atomic E-state index is 0.243. The number of aryl methyl sites for hydroxylation is 1. The second-order valence-corrected chi connectivity index (χ2v) is 8.28. The highest BCUT2D eigenvalue weighted by atomic mass is 16.5. The van der Waals surface area contributed by atoms with Crippen LogP contribution in [0.5, 0.6) is 5.75 Å². The molecule has 0 saturated carbocycles. The number of ether oxygens (including phenoxy) is 1. The van der Waals surface area contributed by atoms with Gasteiger partial charge in [-0.15, -0.1) is 0 Å². The van der Waals surface area contributed by atoms with E-state index in [4.69, 9.17) is 4.74 Å². The van der Waals surface area contributed by atoms with E-state index in [0.29, 0.717) is 30.9 Å². The second kappa shape index (κ2) is 10.4. The Hall–Kier alpha value is -4.14. The molecule has 0 aliphatic rings. The van der Waals surface area contributed by atoms with Crippen LogP contribution in [0, 0.1) is 0 Å². The van der Waals surface area contributed by atoms with E-state index < -0.39 is 11.2 Å². The number of rotatable bonds is 9. The summed E-state index contributed by atoms with van der Waals surface area (Å²) >= 11 is 0. The smallest absolute Gasteiger partial charge is 0.333 e. The van der Waals surface area contributed by atoms with Crippen LogP contribution in [0.15, 0.2) is 70.5 Å². The first-order chi connectivity index (χ1) is 16.9. The fourth-order valence-corrected chi connectivity index (χ4v) is 4.00. The maximum absolute atomic E-state index is 13.4. The number of hydrogen-bond acceptors (Lipinski definition) is 5. The summed E-state index contributed by atoms with van der Waals surface area (Å²) in [6.45, 7) is 5.14. The van der Waals surface area contributed by atoms with Gasteiger partial charge in [0.15, 0.2) is 11.2 Å². The van der Waals surface area contributed by atoms with E-state index in [1.54, 1.807) is 17.9 Å². The third-order valence-corrected chi connectivity index (χ3v) is 5.88. The van der Waals surface area contributed by atoms with Gasteiger partial charge < -0.3 is 14.2 Å². The van der Waals surface area contributed by atoms with E-state index in [1.165, 1.54) is 9.47 Å². The molecule has 0 unspecified atom stereocenters. The Morgan fingerprint density at radius 3 is 2.34 bits per heavy atom. The average Bonchev–Trinajstić information content (AvgIpc) is 3.30. The molecular weight excluding hydrogens is 446 g/mol. The lowest BCUT2D eigenvalue weighted by molar-refractivity contribution is -0.131. The van der Waals surface area contributed by atoms with Gasteiger partial charge in [-0.3, -0.25) is 14.2 Å². The zero-order valence-electron chi connectivity index (χ0n) is 20.2. The van der Waals surface area contributed by atoms with Crippen LogP contribution in [-0.4, -0.2) is 43.1 Å². The summed E-state index contributed by atoms with van der Waals surface area (Å²) in [6, 6.07) is 17.0. The Balaban J connectivity index is 1.65. The number of imidazole rings is 1. The van der Waals surface area contributed by atoms with Crippen molar-refractivity contribution in [1.29, 1.82) is 0 Å². The number of benzene rings is 2. The van der Waals surface area contributed by atoms with Crippen LogP contribution in [0.3, 0.4) is 0 Å². The minimum Gasteiger partial charge on any atom is -0.494 e. The molecular formula is C26H29N5O4. The number of fused-ring (bicyclic) bond motifs is 1. The Bertz CT molecular complexity index is 1440. The van der Waals surface area contributed by atoms with E-state index >= 15 is 0 Å². The summed E-state index contributed by atoms with van der Waals surface area (Å²) in [5.74, 6) is 0.419. The normalized spacial score (nSPS) is 11.1. The molecule has 2 aromatic carbocycles. The topological polar surface area (TPSA) is 91.4 Å². The van der Waals surface area contributed by atoms with Crippen molar-refractivity contribution >= 4 is 17.1 Å². The van der Waals surface area contributed by atoms with Crippen LogP contribution >= 0.6 is 0 Å². The van der Waals surface area contributed by atoms with Crippen molar-refractivity contribution in [3.63, 3.8) is 0 Å². The summed E-state index contributed by atoms with van der Waals surface area (Å²) < 4.78 is 9.62. The van der Waals surface area contributed by atoms with Gasteiger partial charge in [0, 0.05) is 20.1 Å². The quantitative estimate of drug-likeness (QED) is 0.371. The molecule has 4 rings (SSSR count). The van der Waals surface area contributed by atoms with E-state index in [9.17, 15) is 14.4 Å². The van der Waals surface area contributed by atoms with Gasteiger partial charge in [-0.25, -0.2) is 14.3 Å². The largest absolute Gasteiger partial charge is 0.494 e. The molecule has 0 spiro atoms. The molecule has 0 saturated heterocycles. The minimum atomic E-state index is -0.560. The lowest BCUT2D eigenvalue weighted by atomic mass is 10.2. The molecule has 182 valence electrons. The Kier molecular flexibility index (Phi) is 7.14. The van der Waals surface area contributed by atoms with Crippen LogP contribution < -0.4 is 16.0 Å². The SMILES string of the molecule is CCOc1ccc(CN(C)C(=O)Cn2c(=O)c3c(ncn3CC)n(Cc3ccccc3)c2=O)cc1. The number of likely N-dealkylation sites (N-methyl/N-ethyl adjacent to an activating group) is 1. The zero-order chi connectivity index (χ0) is 24.9. The van der Waals surface area contributed by atoms with Crippen molar-refractivity contribution in [3.05, 3.63) is 92.9 Å². The Morgan fingerprint density at radius 1 is 0.971 bits per heavy atom. The fourth-order valence-electron chi connectivity index (χ4n) is 4.00. The molecule has 0 aliphatic carbocycles. The maximum atomic E-state index is 13.4. The molecule has 2 aromatic heterocycles. The van der Waals surface area contributed by atoms with E-state index in [1.807, 2.05) is 68.4 Å². The molecule has 0 atom stereocenters. The molecule has 0 radical (unpaired) electrons. The monoisotopic (exact) mass is 475 g/mol. The van der Waals surface area contributed by atoms with Crippen LogP contribution in [-0.2, 0) is 31.0 Å². The Labute approximate surface area is 202 Å². The van der Waals surface area contributed by atoms with Crippen LogP contribution in [0.1, 0.15) is 25.0 Å². The molecule has 9 heteroatoms. The molecule has 0 aliphatic heterocycles. The molecule has 2 heterocycles. The van der Waals surface area contributed by atoms with Crippen molar-refractivity contribution in [2.45, 2.75) is 40.0 Å². The highest BCUT2D eigenvalue weighted by molar-refractivity contribution is 5.76. The average molecular weight is 476 g/mol. The van der Waals surface area contributed by atoms with Crippen LogP contribution in [0.25, 0.3) is 11.2 Å². The number of carbonyl (C=O) groups is 1. The predicted molar refractivity (Wildman–Crippen MR) is 134 cm³/mol. The van der Waals surface area contributed by atoms with Gasteiger partial charge in [0.25, 0.3) is 5.56 Å². The number of nitrogens with zero attached hydrogens (tertiary/aromatic N) is 5. The first-order valence-electron chi connectivity index (χ1n) is 11.6. The molecule has 35 heavy (non-hydrogen) atoms. The van der Waals surface area contributed by atoms with Gasteiger partial charge in [0.2, 0.25) is 5.91 Å². The van der Waals surface area contributed by atoms with Gasteiger partial charge in [0.1, 0.15) is 12.3 Å². The van der Waals surface area contributed by atoms with Gasteiger partial charge in [-0.2, -0.15) is 0 Å². The fraction of sp³-hybridized carbons (Fsp3) is 0.308. The number of aromatic nitrogens is 4. The first-order valence-corrected chi connectivity index (χ1v) is 11.6. The Morgan fingerprint density at radius 2 is 1.69 bits per heavy atom. The summed E-state index contributed by atoms with van der Waals surface area (Å²) in [5, 5.41) is 0. The third kappa shape index (κ3) is 5.03. The summed E-state index contributed by atoms with van der Waals surface area (Å²) in [5.41, 5.74) is 1.36. The summed E-state index contributed by atoms with van der Waals surface area (Å²) in [4.78, 5) is 45.6. The van der Waals surface area contributed by atoms with E-state index in [0.717, 1.165) is 21.4 Å². The standard InChI is InChI=1S/C26H29N5O4/c1-4-29-18-27-24-23(29)25(33)31(26(34)30(24)16-19-9-7-6-8-10-19)17-22(32)28(3)15-20-11-13-21(14-12-20)35-5-2/h6-14,18H,4-5,15-17H2,1-3H3. The molecule has 9 nitrogen and oxygen atoms in total. The lowest BCUT2D eigenvalue weighted by Crippen LogP contribution is -2.44. The van der Waals surface area contributed by atoms with Crippen molar-refractivity contribution in [2.24, 2.45) is 0 Å². The number of amides is 1. The van der Waals surface area contributed by atoms with Crippen molar-refractivity contribution < 1.29 is 9.53 Å². The van der Waals surface area contributed by atoms with Crippen LogP contribution in [0.4, 0.5) is 0 Å². The van der Waals surface area contributed by atoms with Gasteiger partial charge in [-0.05, 0) is 37.1 Å². The molecule has 0 bridgehead atoms. The molecule has 1 amide bonds. The predicted octanol–water partition coefficient (Wildman–Crippen LogP) is 2.49. The third-order valence-electron chi connectivity index (χ3n) is 5.88. The number of carbonyl (C=O) groups excluding carboxylic acids is 1. The molecule has 4 aromatic rings. The van der Waals surface area contributed by atoms with Crippen molar-refractivity contribution in [1.82, 2.24) is 23.6 Å². The highest BCUT2D eigenvalue weighted by Gasteiger charge is 2.21. The first kappa shape index (κ1) is 24.0.